The van der Waals surface area contributed by atoms with Crippen molar-refractivity contribution in [2.24, 2.45) is 0 Å². The maximum absolute atomic E-state index is 8.64. The third-order valence-electron chi connectivity index (χ3n) is 1.53. The number of aromatic nitrogens is 1. The molecule has 0 saturated heterocycles. The van der Waals surface area contributed by atoms with Crippen LogP contribution in [0.2, 0.25) is 0 Å². The van der Waals surface area contributed by atoms with E-state index in [2.05, 4.69) is 4.98 Å². The van der Waals surface area contributed by atoms with Crippen molar-refractivity contribution in [2.45, 2.75) is 6.92 Å². The Morgan fingerprint density at radius 2 is 2.33 bits per heavy atom. The summed E-state index contributed by atoms with van der Waals surface area (Å²) in [7, 11) is 1.47. The number of nitriles is 1. The fourth-order valence-electron chi connectivity index (χ4n) is 0.834. The lowest BCUT2D eigenvalue weighted by Crippen LogP contribution is -1.98. The minimum atomic E-state index is 0.323. The molecule has 0 aliphatic carbocycles. The predicted octanol–water partition coefficient (Wildman–Crippen LogP) is 0.853. The van der Waals surface area contributed by atoms with Gasteiger partial charge in [0.2, 0.25) is 5.88 Å². The Bertz CT molecular complexity index is 341. The summed E-state index contributed by atoms with van der Waals surface area (Å²) in [5.41, 5.74) is 7.09. The van der Waals surface area contributed by atoms with Crippen LogP contribution in [-0.4, -0.2) is 12.1 Å². The van der Waals surface area contributed by atoms with E-state index in [1.54, 1.807) is 13.0 Å². The van der Waals surface area contributed by atoms with Gasteiger partial charge in [0.25, 0.3) is 0 Å². The fourth-order valence-corrected chi connectivity index (χ4v) is 0.834. The first kappa shape index (κ1) is 8.34. The van der Waals surface area contributed by atoms with E-state index in [0.29, 0.717) is 22.8 Å². The van der Waals surface area contributed by atoms with E-state index in [-0.39, 0.29) is 0 Å². The van der Waals surface area contributed by atoms with Crippen molar-refractivity contribution < 1.29 is 4.74 Å². The normalized spacial score (nSPS) is 9.08. The van der Waals surface area contributed by atoms with Crippen LogP contribution in [0.15, 0.2) is 6.07 Å². The van der Waals surface area contributed by atoms with Crippen LogP contribution in [0.3, 0.4) is 0 Å². The molecule has 1 rings (SSSR count). The number of methoxy groups -OCH3 is 1. The third-order valence-corrected chi connectivity index (χ3v) is 1.53. The fraction of sp³-hybridized carbons (Fsp3) is 0.250. The molecule has 0 unspecified atom stereocenters. The lowest BCUT2D eigenvalue weighted by molar-refractivity contribution is 0.395. The molecule has 4 heteroatoms. The van der Waals surface area contributed by atoms with Crippen molar-refractivity contribution >= 4 is 5.69 Å². The number of ether oxygens (including phenoxy) is 1. The Kier molecular flexibility index (Phi) is 2.15. The monoisotopic (exact) mass is 163 g/mol. The maximum Gasteiger partial charge on any atom is 0.231 e. The van der Waals surface area contributed by atoms with E-state index in [9.17, 15) is 0 Å². The molecule has 0 bridgehead atoms. The number of nitrogens with zero attached hydrogens (tertiary/aromatic N) is 2. The molecule has 4 nitrogen and oxygen atoms in total. The van der Waals surface area contributed by atoms with Crippen molar-refractivity contribution in [3.63, 3.8) is 0 Å². The first-order valence-electron chi connectivity index (χ1n) is 3.40. The van der Waals surface area contributed by atoms with Crippen LogP contribution in [0.5, 0.6) is 5.88 Å². The molecule has 62 valence electrons. The van der Waals surface area contributed by atoms with Gasteiger partial charge in [-0.25, -0.2) is 4.98 Å². The van der Waals surface area contributed by atoms with Gasteiger partial charge in [-0.2, -0.15) is 5.26 Å². The second kappa shape index (κ2) is 3.09. The van der Waals surface area contributed by atoms with Crippen LogP contribution >= 0.6 is 0 Å². The van der Waals surface area contributed by atoms with E-state index >= 15 is 0 Å². The Balaban J connectivity index is 3.31. The summed E-state index contributed by atoms with van der Waals surface area (Å²) >= 11 is 0. The highest BCUT2D eigenvalue weighted by Crippen LogP contribution is 2.19. The van der Waals surface area contributed by atoms with Gasteiger partial charge in [0.15, 0.2) is 0 Å². The van der Waals surface area contributed by atoms with Crippen LogP contribution in [0, 0.1) is 18.3 Å². The summed E-state index contributed by atoms with van der Waals surface area (Å²) < 4.78 is 4.88. The van der Waals surface area contributed by atoms with Crippen molar-refractivity contribution in [1.82, 2.24) is 4.98 Å². The molecule has 1 aromatic heterocycles. The van der Waals surface area contributed by atoms with Crippen molar-refractivity contribution in [3.05, 3.63) is 17.3 Å². The zero-order valence-corrected chi connectivity index (χ0v) is 6.96. The molecule has 0 radical (unpaired) electrons. The van der Waals surface area contributed by atoms with Gasteiger partial charge in [-0.05, 0) is 13.0 Å². The van der Waals surface area contributed by atoms with Gasteiger partial charge >= 0.3 is 0 Å². The molecule has 0 aromatic carbocycles. The summed E-state index contributed by atoms with van der Waals surface area (Å²) in [5, 5.41) is 8.64. The van der Waals surface area contributed by atoms with Crippen LogP contribution in [0.25, 0.3) is 0 Å². The molecular formula is C8H9N3O. The predicted molar refractivity (Wildman–Crippen MR) is 44.7 cm³/mol. The number of aryl methyl sites for hydroxylation is 1. The quantitative estimate of drug-likeness (QED) is 0.666. The second-order valence-electron chi connectivity index (χ2n) is 2.33. The molecule has 1 aromatic rings. The Morgan fingerprint density at radius 3 is 2.83 bits per heavy atom. The summed E-state index contributed by atoms with van der Waals surface area (Å²) in [6, 6.07) is 3.50. The zero-order valence-electron chi connectivity index (χ0n) is 6.96. The molecule has 0 aliphatic heterocycles. The molecule has 0 aliphatic rings. The van der Waals surface area contributed by atoms with Crippen molar-refractivity contribution in [2.75, 3.05) is 12.8 Å². The lowest BCUT2D eigenvalue weighted by Gasteiger charge is -2.04. The Hall–Kier alpha value is -1.76. The average Bonchev–Trinajstić information content (AvgIpc) is 2.09. The topological polar surface area (TPSA) is 71.9 Å². The third kappa shape index (κ3) is 1.30. The lowest BCUT2D eigenvalue weighted by atomic mass is 10.2. The van der Waals surface area contributed by atoms with Gasteiger partial charge < -0.3 is 10.5 Å². The summed E-state index contributed by atoms with van der Waals surface area (Å²) in [6.45, 7) is 1.76. The zero-order chi connectivity index (χ0) is 9.14. The number of hydrogen-bond donors (Lipinski definition) is 1. The maximum atomic E-state index is 8.64. The first-order chi connectivity index (χ1) is 5.69. The molecule has 0 amide bonds. The molecule has 0 fully saturated rings. The molecule has 0 spiro atoms. The SMILES string of the molecule is COc1nc(C)c(N)cc1C#N. The van der Waals surface area contributed by atoms with Crippen molar-refractivity contribution in [1.29, 1.82) is 5.26 Å². The number of rotatable bonds is 1. The minimum Gasteiger partial charge on any atom is -0.480 e. The number of nitrogen functional groups attached to an aromatic ring is 1. The average molecular weight is 163 g/mol. The van der Waals surface area contributed by atoms with E-state index in [0.717, 1.165) is 0 Å². The van der Waals surface area contributed by atoms with Gasteiger partial charge in [0.05, 0.1) is 18.5 Å². The summed E-state index contributed by atoms with van der Waals surface area (Å²) in [4.78, 5) is 3.99. The molecule has 2 N–H and O–H groups in total. The van der Waals surface area contributed by atoms with Crippen LogP contribution in [-0.2, 0) is 0 Å². The van der Waals surface area contributed by atoms with Gasteiger partial charge in [-0.3, -0.25) is 0 Å². The number of hydrogen-bond acceptors (Lipinski definition) is 4. The van der Waals surface area contributed by atoms with Crippen LogP contribution < -0.4 is 10.5 Å². The smallest absolute Gasteiger partial charge is 0.231 e. The summed E-state index contributed by atoms with van der Waals surface area (Å²) in [6.07, 6.45) is 0. The highest BCUT2D eigenvalue weighted by Gasteiger charge is 2.06. The van der Waals surface area contributed by atoms with Crippen molar-refractivity contribution in [3.8, 4) is 11.9 Å². The molecule has 1 heterocycles. The minimum absolute atomic E-state index is 0.323. The van der Waals surface area contributed by atoms with Crippen LogP contribution in [0.1, 0.15) is 11.3 Å². The number of anilines is 1. The first-order valence-corrected chi connectivity index (χ1v) is 3.40. The number of pyridine rings is 1. The molecular weight excluding hydrogens is 154 g/mol. The highest BCUT2D eigenvalue weighted by atomic mass is 16.5. The van der Waals surface area contributed by atoms with Gasteiger partial charge in [-0.15, -0.1) is 0 Å². The number of nitrogens with two attached hydrogens (primary N) is 1. The van der Waals surface area contributed by atoms with Gasteiger partial charge in [-0.1, -0.05) is 0 Å². The Labute approximate surface area is 70.6 Å². The van der Waals surface area contributed by atoms with E-state index < -0.39 is 0 Å². The van der Waals surface area contributed by atoms with Crippen LogP contribution in [0.4, 0.5) is 5.69 Å². The standard InChI is InChI=1S/C8H9N3O/c1-5-7(10)3-6(4-9)8(11-5)12-2/h3H,10H2,1-2H3. The molecule has 0 atom stereocenters. The second-order valence-corrected chi connectivity index (χ2v) is 2.33. The largest absolute Gasteiger partial charge is 0.480 e. The van der Waals surface area contributed by atoms with E-state index in [4.69, 9.17) is 15.7 Å². The van der Waals surface area contributed by atoms with Gasteiger partial charge in [0.1, 0.15) is 11.6 Å². The van der Waals surface area contributed by atoms with E-state index in [1.807, 2.05) is 6.07 Å². The molecule has 12 heavy (non-hydrogen) atoms. The summed E-state index contributed by atoms with van der Waals surface area (Å²) in [5.74, 6) is 0.323. The van der Waals surface area contributed by atoms with E-state index in [1.165, 1.54) is 7.11 Å². The highest BCUT2D eigenvalue weighted by molar-refractivity contribution is 5.52. The van der Waals surface area contributed by atoms with Gasteiger partial charge in [0, 0.05) is 0 Å². The molecule has 0 saturated carbocycles. The Morgan fingerprint density at radius 1 is 1.67 bits per heavy atom.